The van der Waals surface area contributed by atoms with E-state index in [1.54, 1.807) is 24.9 Å². The van der Waals surface area contributed by atoms with E-state index in [0.717, 1.165) is 17.7 Å². The van der Waals surface area contributed by atoms with Gasteiger partial charge < -0.3 is 10.4 Å². The van der Waals surface area contributed by atoms with Crippen molar-refractivity contribution in [1.29, 1.82) is 0 Å². The topological polar surface area (TPSA) is 49.3 Å². The zero-order valence-electron chi connectivity index (χ0n) is 10.9. The van der Waals surface area contributed by atoms with Crippen molar-refractivity contribution in [3.8, 4) is 0 Å². The van der Waals surface area contributed by atoms with E-state index in [1.165, 1.54) is 12.1 Å². The Balaban J connectivity index is 2.07. The fourth-order valence-corrected chi connectivity index (χ4v) is 3.96. The molecule has 0 radical (unpaired) electrons. The van der Waals surface area contributed by atoms with Gasteiger partial charge in [0, 0.05) is 10.1 Å². The fraction of sp³-hybridized carbons (Fsp3) is 0.500. The van der Waals surface area contributed by atoms with Crippen molar-refractivity contribution in [2.75, 3.05) is 7.05 Å². The normalized spacial score (nSPS) is 27.2. The van der Waals surface area contributed by atoms with Crippen LogP contribution in [0.5, 0.6) is 0 Å². The van der Waals surface area contributed by atoms with E-state index in [-0.39, 0.29) is 11.1 Å². The summed E-state index contributed by atoms with van der Waals surface area (Å²) in [5.74, 6) is -1.04. The molecule has 1 aliphatic carbocycles. The van der Waals surface area contributed by atoms with Crippen LogP contribution in [0.15, 0.2) is 29.2 Å². The SMILES string of the molecule is CNC1(C(=O)O)CCCC(Sc2cccc(F)c2)C1. The van der Waals surface area contributed by atoms with Gasteiger partial charge in [0.05, 0.1) is 0 Å². The number of carboxylic acid groups (broad SMARTS) is 1. The summed E-state index contributed by atoms with van der Waals surface area (Å²) in [4.78, 5) is 12.3. The summed E-state index contributed by atoms with van der Waals surface area (Å²) in [6.07, 6.45) is 3.07. The average molecular weight is 283 g/mol. The van der Waals surface area contributed by atoms with Crippen LogP contribution in [0.25, 0.3) is 0 Å². The number of rotatable bonds is 4. The minimum Gasteiger partial charge on any atom is -0.480 e. The zero-order valence-corrected chi connectivity index (χ0v) is 11.7. The van der Waals surface area contributed by atoms with Crippen molar-refractivity contribution in [3.05, 3.63) is 30.1 Å². The van der Waals surface area contributed by atoms with E-state index < -0.39 is 11.5 Å². The van der Waals surface area contributed by atoms with Gasteiger partial charge in [-0.1, -0.05) is 6.07 Å². The first kappa shape index (κ1) is 14.3. The Kier molecular flexibility index (Phi) is 4.47. The van der Waals surface area contributed by atoms with Crippen LogP contribution >= 0.6 is 11.8 Å². The van der Waals surface area contributed by atoms with Gasteiger partial charge in [0.1, 0.15) is 11.4 Å². The molecule has 2 unspecified atom stereocenters. The number of nitrogens with one attached hydrogen (secondary N) is 1. The summed E-state index contributed by atoms with van der Waals surface area (Å²) in [6.45, 7) is 0. The molecular weight excluding hydrogens is 265 g/mol. The summed E-state index contributed by atoms with van der Waals surface area (Å²) in [5.41, 5.74) is -0.830. The number of aliphatic carboxylic acids is 1. The van der Waals surface area contributed by atoms with Crippen molar-refractivity contribution in [2.45, 2.75) is 41.4 Å². The average Bonchev–Trinajstić information content (AvgIpc) is 2.38. The first-order valence-electron chi connectivity index (χ1n) is 6.40. The highest BCUT2D eigenvalue weighted by Gasteiger charge is 2.41. The van der Waals surface area contributed by atoms with Gasteiger partial charge in [-0.25, -0.2) is 4.39 Å². The molecule has 5 heteroatoms. The van der Waals surface area contributed by atoms with E-state index in [4.69, 9.17) is 0 Å². The van der Waals surface area contributed by atoms with Crippen molar-refractivity contribution in [2.24, 2.45) is 0 Å². The summed E-state index contributed by atoms with van der Waals surface area (Å²) in [7, 11) is 1.70. The maximum Gasteiger partial charge on any atom is 0.323 e. The lowest BCUT2D eigenvalue weighted by molar-refractivity contribution is -0.146. The monoisotopic (exact) mass is 283 g/mol. The van der Waals surface area contributed by atoms with Gasteiger partial charge in [0.25, 0.3) is 0 Å². The molecule has 1 aromatic carbocycles. The minimum atomic E-state index is -0.830. The molecule has 0 aliphatic heterocycles. The number of halogens is 1. The third-order valence-corrected chi connectivity index (χ3v) is 4.95. The van der Waals surface area contributed by atoms with Gasteiger partial charge in [0.15, 0.2) is 0 Å². The van der Waals surface area contributed by atoms with Gasteiger partial charge in [-0.05, 0) is 50.9 Å². The van der Waals surface area contributed by atoms with Crippen LogP contribution in [0.4, 0.5) is 4.39 Å². The Hall–Kier alpha value is -1.07. The molecule has 2 atom stereocenters. The Labute approximate surface area is 116 Å². The standard InChI is InChI=1S/C14H18FNO2S/c1-16-14(13(17)18)7-3-6-12(9-14)19-11-5-2-4-10(15)8-11/h2,4-5,8,12,16H,3,6-7,9H2,1H3,(H,17,18). The first-order chi connectivity index (χ1) is 9.05. The molecular formula is C14H18FNO2S. The Morgan fingerprint density at radius 1 is 1.58 bits per heavy atom. The van der Waals surface area contributed by atoms with Crippen LogP contribution < -0.4 is 5.32 Å². The maximum absolute atomic E-state index is 13.1. The number of thioether (sulfide) groups is 1. The third-order valence-electron chi connectivity index (χ3n) is 3.69. The molecule has 3 nitrogen and oxygen atoms in total. The highest BCUT2D eigenvalue weighted by molar-refractivity contribution is 8.00. The van der Waals surface area contributed by atoms with E-state index in [1.807, 2.05) is 6.07 Å². The number of benzene rings is 1. The lowest BCUT2D eigenvalue weighted by Gasteiger charge is -2.37. The lowest BCUT2D eigenvalue weighted by atomic mass is 9.81. The van der Waals surface area contributed by atoms with Gasteiger partial charge in [0.2, 0.25) is 0 Å². The molecule has 104 valence electrons. The Morgan fingerprint density at radius 2 is 2.37 bits per heavy atom. The van der Waals surface area contributed by atoms with Crippen LogP contribution in [0.2, 0.25) is 0 Å². The maximum atomic E-state index is 13.1. The smallest absolute Gasteiger partial charge is 0.323 e. The summed E-state index contributed by atoms with van der Waals surface area (Å²) in [6, 6.07) is 6.47. The van der Waals surface area contributed by atoms with Crippen LogP contribution in [0, 0.1) is 5.82 Å². The minimum absolute atomic E-state index is 0.208. The molecule has 0 saturated heterocycles. The number of hydrogen-bond donors (Lipinski definition) is 2. The zero-order chi connectivity index (χ0) is 13.9. The Bertz CT molecular complexity index is 469. The highest BCUT2D eigenvalue weighted by atomic mass is 32.2. The predicted molar refractivity (Wildman–Crippen MR) is 73.9 cm³/mol. The molecule has 19 heavy (non-hydrogen) atoms. The predicted octanol–water partition coefficient (Wildman–Crippen LogP) is 2.90. The molecule has 0 aromatic heterocycles. The molecule has 1 aromatic rings. The summed E-state index contributed by atoms with van der Waals surface area (Å²) < 4.78 is 13.1. The molecule has 0 bridgehead atoms. The number of hydrogen-bond acceptors (Lipinski definition) is 3. The van der Waals surface area contributed by atoms with E-state index >= 15 is 0 Å². The molecule has 2 N–H and O–H groups in total. The van der Waals surface area contributed by atoms with E-state index in [9.17, 15) is 14.3 Å². The first-order valence-corrected chi connectivity index (χ1v) is 7.28. The van der Waals surface area contributed by atoms with Crippen LogP contribution in [0.1, 0.15) is 25.7 Å². The molecule has 1 aliphatic rings. The lowest BCUT2D eigenvalue weighted by Crippen LogP contribution is -2.53. The molecule has 0 heterocycles. The summed E-state index contributed by atoms with van der Waals surface area (Å²) in [5, 5.41) is 12.5. The second-order valence-electron chi connectivity index (χ2n) is 4.93. The van der Waals surface area contributed by atoms with Crippen molar-refractivity contribution in [3.63, 3.8) is 0 Å². The van der Waals surface area contributed by atoms with Crippen molar-refractivity contribution in [1.82, 2.24) is 5.32 Å². The van der Waals surface area contributed by atoms with Gasteiger partial charge >= 0.3 is 5.97 Å². The number of carbonyl (C=O) groups is 1. The highest BCUT2D eigenvalue weighted by Crippen LogP contribution is 2.38. The molecule has 0 amide bonds. The molecule has 1 saturated carbocycles. The fourth-order valence-electron chi connectivity index (χ4n) is 2.59. The van der Waals surface area contributed by atoms with E-state index in [0.29, 0.717) is 12.8 Å². The number of carboxylic acids is 1. The third kappa shape index (κ3) is 3.28. The van der Waals surface area contributed by atoms with Crippen molar-refractivity contribution < 1.29 is 14.3 Å². The quantitative estimate of drug-likeness (QED) is 0.892. The molecule has 1 fully saturated rings. The Morgan fingerprint density at radius 3 is 3.00 bits per heavy atom. The van der Waals surface area contributed by atoms with Crippen LogP contribution in [-0.2, 0) is 4.79 Å². The second-order valence-corrected chi connectivity index (χ2v) is 6.30. The van der Waals surface area contributed by atoms with Crippen LogP contribution in [0.3, 0.4) is 0 Å². The molecule has 2 rings (SSSR count). The van der Waals surface area contributed by atoms with Gasteiger partial charge in [-0.15, -0.1) is 11.8 Å². The largest absolute Gasteiger partial charge is 0.480 e. The summed E-state index contributed by atoms with van der Waals surface area (Å²) >= 11 is 1.57. The van der Waals surface area contributed by atoms with Gasteiger partial charge in [-0.3, -0.25) is 4.79 Å². The van der Waals surface area contributed by atoms with Crippen LogP contribution in [-0.4, -0.2) is 28.9 Å². The van der Waals surface area contributed by atoms with Crippen molar-refractivity contribution >= 4 is 17.7 Å². The molecule has 0 spiro atoms. The van der Waals surface area contributed by atoms with Gasteiger partial charge in [-0.2, -0.15) is 0 Å². The second kappa shape index (κ2) is 5.92. The van der Waals surface area contributed by atoms with E-state index in [2.05, 4.69) is 5.32 Å². The number of likely N-dealkylation sites (N-methyl/N-ethyl adjacent to an activating group) is 1.